The maximum Gasteiger partial charge on any atom is 0.0548 e. The number of aryl methyl sites for hydroxylation is 1. The zero-order valence-corrected chi connectivity index (χ0v) is 18.4. The Hall–Kier alpha value is -4.30. The van der Waals surface area contributed by atoms with Gasteiger partial charge in [-0.15, -0.1) is 0 Å². The number of benzene rings is 5. The Bertz CT molecular complexity index is 1800. The summed E-state index contributed by atoms with van der Waals surface area (Å²) in [6, 6.07) is 41.4. The maximum atomic E-state index is 2.40. The van der Waals surface area contributed by atoms with Gasteiger partial charge in [-0.25, -0.2) is 0 Å². The zero-order valence-electron chi connectivity index (χ0n) is 18.4. The van der Waals surface area contributed by atoms with Gasteiger partial charge in [0.25, 0.3) is 0 Å². The van der Waals surface area contributed by atoms with Gasteiger partial charge < -0.3 is 9.13 Å². The standard InChI is InChI=1S/C31H22N2/c1-32-26-18-10-16-23(21-11-4-2-5-12-21)29(26)31-27(32)19-20-28-30(31)24-15-8-9-17-25(24)33(28)22-13-6-3-7-14-22/h2-20H,1H3. The summed E-state index contributed by atoms with van der Waals surface area (Å²) in [5.74, 6) is 0. The average Bonchev–Trinajstić information content (AvgIpc) is 3.37. The van der Waals surface area contributed by atoms with Crippen LogP contribution in [0.15, 0.2) is 115 Å². The Balaban J connectivity index is 1.75. The van der Waals surface area contributed by atoms with Crippen molar-refractivity contribution >= 4 is 43.6 Å². The van der Waals surface area contributed by atoms with Crippen molar-refractivity contribution in [1.29, 1.82) is 0 Å². The van der Waals surface area contributed by atoms with Gasteiger partial charge in [0.2, 0.25) is 0 Å². The predicted molar refractivity (Wildman–Crippen MR) is 140 cm³/mol. The lowest BCUT2D eigenvalue weighted by atomic mass is 9.97. The predicted octanol–water partition coefficient (Wildman–Crippen LogP) is 8.10. The fourth-order valence-electron chi connectivity index (χ4n) is 5.51. The summed E-state index contributed by atoms with van der Waals surface area (Å²) in [5.41, 5.74) is 8.71. The third-order valence-electron chi connectivity index (χ3n) is 6.93. The van der Waals surface area contributed by atoms with Gasteiger partial charge in [0.05, 0.1) is 11.0 Å². The quantitative estimate of drug-likeness (QED) is 0.266. The first-order valence-corrected chi connectivity index (χ1v) is 11.4. The van der Waals surface area contributed by atoms with Gasteiger partial charge in [0.15, 0.2) is 0 Å². The third kappa shape index (κ3) is 2.49. The molecule has 0 unspecified atom stereocenters. The number of para-hydroxylation sites is 2. The lowest BCUT2D eigenvalue weighted by Crippen LogP contribution is -1.93. The van der Waals surface area contributed by atoms with Crippen molar-refractivity contribution in [3.8, 4) is 16.8 Å². The Kier molecular flexibility index (Phi) is 3.80. The maximum absolute atomic E-state index is 2.40. The number of fused-ring (bicyclic) bond motifs is 7. The molecule has 156 valence electrons. The number of hydrogen-bond acceptors (Lipinski definition) is 0. The molecule has 0 aliphatic carbocycles. The van der Waals surface area contributed by atoms with Gasteiger partial charge in [0.1, 0.15) is 0 Å². The highest BCUT2D eigenvalue weighted by Gasteiger charge is 2.20. The molecule has 2 nitrogen and oxygen atoms in total. The molecule has 0 aliphatic heterocycles. The molecule has 0 spiro atoms. The van der Waals surface area contributed by atoms with Crippen LogP contribution in [-0.4, -0.2) is 9.13 Å². The second-order valence-electron chi connectivity index (χ2n) is 8.67. The van der Waals surface area contributed by atoms with E-state index in [9.17, 15) is 0 Å². The molecular weight excluding hydrogens is 400 g/mol. The van der Waals surface area contributed by atoms with Crippen LogP contribution in [0, 0.1) is 0 Å². The molecular formula is C31H22N2. The largest absolute Gasteiger partial charge is 0.344 e. The first-order valence-electron chi connectivity index (χ1n) is 11.4. The van der Waals surface area contributed by atoms with Crippen LogP contribution in [0.4, 0.5) is 0 Å². The lowest BCUT2D eigenvalue weighted by Gasteiger charge is -2.08. The van der Waals surface area contributed by atoms with Gasteiger partial charge in [0, 0.05) is 45.3 Å². The minimum atomic E-state index is 1.19. The van der Waals surface area contributed by atoms with Crippen LogP contribution in [0.5, 0.6) is 0 Å². The normalized spacial score (nSPS) is 11.8. The van der Waals surface area contributed by atoms with Crippen LogP contribution in [0.2, 0.25) is 0 Å². The summed E-state index contributed by atoms with van der Waals surface area (Å²) in [7, 11) is 2.18. The second kappa shape index (κ2) is 6.85. The second-order valence-corrected chi connectivity index (χ2v) is 8.67. The van der Waals surface area contributed by atoms with E-state index >= 15 is 0 Å². The molecule has 33 heavy (non-hydrogen) atoms. The van der Waals surface area contributed by atoms with E-state index in [-0.39, 0.29) is 0 Å². The van der Waals surface area contributed by atoms with E-state index in [1.807, 2.05) is 0 Å². The molecule has 0 radical (unpaired) electrons. The highest BCUT2D eigenvalue weighted by Crippen LogP contribution is 2.43. The van der Waals surface area contributed by atoms with Crippen LogP contribution < -0.4 is 0 Å². The van der Waals surface area contributed by atoms with E-state index < -0.39 is 0 Å². The summed E-state index contributed by atoms with van der Waals surface area (Å²) in [6.07, 6.45) is 0. The van der Waals surface area contributed by atoms with Crippen LogP contribution in [0.1, 0.15) is 0 Å². The monoisotopic (exact) mass is 422 g/mol. The van der Waals surface area contributed by atoms with Crippen molar-refractivity contribution in [2.24, 2.45) is 7.05 Å². The molecule has 5 aromatic carbocycles. The minimum Gasteiger partial charge on any atom is -0.344 e. The number of rotatable bonds is 2. The summed E-state index contributed by atoms with van der Waals surface area (Å²) < 4.78 is 4.74. The van der Waals surface area contributed by atoms with E-state index in [1.165, 1.54) is 60.4 Å². The molecule has 7 rings (SSSR count). The molecule has 7 aromatic rings. The Labute approximate surface area is 191 Å². The van der Waals surface area contributed by atoms with Crippen molar-refractivity contribution in [2.75, 3.05) is 0 Å². The van der Waals surface area contributed by atoms with E-state index in [0.717, 1.165) is 0 Å². The van der Waals surface area contributed by atoms with Crippen LogP contribution in [0.3, 0.4) is 0 Å². The van der Waals surface area contributed by atoms with Crippen molar-refractivity contribution in [3.05, 3.63) is 115 Å². The molecule has 2 heteroatoms. The first-order chi connectivity index (χ1) is 16.3. The fourth-order valence-corrected chi connectivity index (χ4v) is 5.51. The van der Waals surface area contributed by atoms with Gasteiger partial charge in [-0.1, -0.05) is 78.9 Å². The van der Waals surface area contributed by atoms with Crippen molar-refractivity contribution < 1.29 is 0 Å². The number of nitrogens with zero attached hydrogens (tertiary/aromatic N) is 2. The van der Waals surface area contributed by atoms with E-state index in [1.54, 1.807) is 0 Å². The molecule has 2 aromatic heterocycles. The van der Waals surface area contributed by atoms with Crippen molar-refractivity contribution in [1.82, 2.24) is 9.13 Å². The summed E-state index contributed by atoms with van der Waals surface area (Å²) in [6.45, 7) is 0. The van der Waals surface area contributed by atoms with Gasteiger partial charge >= 0.3 is 0 Å². The number of aromatic nitrogens is 2. The van der Waals surface area contributed by atoms with E-state index in [2.05, 4.69) is 131 Å². The lowest BCUT2D eigenvalue weighted by molar-refractivity contribution is 1.01. The molecule has 2 heterocycles. The van der Waals surface area contributed by atoms with E-state index in [4.69, 9.17) is 0 Å². The molecule has 0 amide bonds. The highest BCUT2D eigenvalue weighted by atomic mass is 15.0. The van der Waals surface area contributed by atoms with Crippen LogP contribution in [-0.2, 0) is 7.05 Å². The molecule has 0 saturated carbocycles. The SMILES string of the molecule is Cn1c2cccc(-c3ccccc3)c2c2c3c4ccccc4n(-c4ccccc4)c3ccc21. The van der Waals surface area contributed by atoms with Gasteiger partial charge in [-0.05, 0) is 47.5 Å². The first kappa shape index (κ1) is 18.3. The van der Waals surface area contributed by atoms with Gasteiger partial charge in [-0.3, -0.25) is 0 Å². The molecule has 0 N–H and O–H groups in total. The fraction of sp³-hybridized carbons (Fsp3) is 0.0323. The minimum absolute atomic E-state index is 1.19. The average molecular weight is 423 g/mol. The highest BCUT2D eigenvalue weighted by molar-refractivity contribution is 6.30. The van der Waals surface area contributed by atoms with Crippen molar-refractivity contribution in [3.63, 3.8) is 0 Å². The van der Waals surface area contributed by atoms with E-state index in [0.29, 0.717) is 0 Å². The Morgan fingerprint density at radius 1 is 0.455 bits per heavy atom. The number of hydrogen-bond donors (Lipinski definition) is 0. The van der Waals surface area contributed by atoms with Crippen LogP contribution in [0.25, 0.3) is 60.4 Å². The van der Waals surface area contributed by atoms with Gasteiger partial charge in [-0.2, -0.15) is 0 Å². The zero-order chi connectivity index (χ0) is 21.9. The summed E-state index contributed by atoms with van der Waals surface area (Å²) in [4.78, 5) is 0. The van der Waals surface area contributed by atoms with Crippen molar-refractivity contribution in [2.45, 2.75) is 0 Å². The molecule has 0 bridgehead atoms. The Morgan fingerprint density at radius 2 is 1.09 bits per heavy atom. The summed E-state index contributed by atoms with van der Waals surface area (Å²) in [5, 5.41) is 5.26. The van der Waals surface area contributed by atoms with Crippen LogP contribution >= 0.6 is 0 Å². The molecule has 0 atom stereocenters. The molecule has 0 saturated heterocycles. The smallest absolute Gasteiger partial charge is 0.0548 e. The molecule has 0 aliphatic rings. The summed E-state index contributed by atoms with van der Waals surface area (Å²) >= 11 is 0. The third-order valence-corrected chi connectivity index (χ3v) is 6.93. The molecule has 0 fully saturated rings. The topological polar surface area (TPSA) is 9.86 Å². The Morgan fingerprint density at radius 3 is 1.91 bits per heavy atom.